The molecule has 0 fully saturated rings. The van der Waals surface area contributed by atoms with E-state index in [9.17, 15) is 19.7 Å². The zero-order valence-corrected chi connectivity index (χ0v) is 15.9. The maximum atomic E-state index is 13.2. The van der Waals surface area contributed by atoms with Crippen LogP contribution < -0.4 is 15.1 Å². The van der Waals surface area contributed by atoms with Gasteiger partial charge in [0, 0.05) is 11.8 Å². The van der Waals surface area contributed by atoms with Gasteiger partial charge in [-0.15, -0.1) is 0 Å². The number of carbonyl (C=O) groups is 2. The highest BCUT2D eigenvalue weighted by Crippen LogP contribution is 2.34. The summed E-state index contributed by atoms with van der Waals surface area (Å²) in [5, 5.41) is 19.4. The highest BCUT2D eigenvalue weighted by Gasteiger charge is 2.45. The Hall–Kier alpha value is -3.75. The van der Waals surface area contributed by atoms with Crippen LogP contribution in [0.2, 0.25) is 0 Å². The number of anilines is 1. The van der Waals surface area contributed by atoms with E-state index >= 15 is 0 Å². The molecule has 0 aromatic heterocycles. The Kier molecular flexibility index (Phi) is 5.87. The summed E-state index contributed by atoms with van der Waals surface area (Å²) in [4.78, 5) is 35.8. The normalized spacial score (nSPS) is 16.9. The Morgan fingerprint density at radius 1 is 1.24 bits per heavy atom. The molecule has 1 N–H and O–H groups in total. The average molecular weight is 396 g/mol. The van der Waals surface area contributed by atoms with E-state index in [-0.39, 0.29) is 5.84 Å². The summed E-state index contributed by atoms with van der Waals surface area (Å²) in [6.45, 7) is 0.801. The summed E-state index contributed by atoms with van der Waals surface area (Å²) in [6.07, 6.45) is 0. The number of nitrogens with zero attached hydrogens (tertiary/aromatic N) is 3. The second kappa shape index (κ2) is 8.51. The predicted molar refractivity (Wildman–Crippen MR) is 106 cm³/mol. The van der Waals surface area contributed by atoms with Crippen LogP contribution in [0.15, 0.2) is 59.7 Å². The van der Waals surface area contributed by atoms with E-state index in [0.717, 1.165) is 0 Å². The van der Waals surface area contributed by atoms with E-state index in [1.165, 1.54) is 19.0 Å². The molecule has 1 heterocycles. The number of benzene rings is 2. The van der Waals surface area contributed by atoms with Crippen LogP contribution in [-0.2, 0) is 9.59 Å². The third kappa shape index (κ3) is 4.40. The molecule has 9 nitrogen and oxygen atoms in total. The molecule has 0 spiro atoms. The summed E-state index contributed by atoms with van der Waals surface area (Å²) in [6, 6.07) is 15.4. The molecule has 1 aliphatic rings. The number of ether oxygens (including phenoxy) is 1. The van der Waals surface area contributed by atoms with Gasteiger partial charge >= 0.3 is 0 Å². The quantitative estimate of drug-likeness (QED) is 0.594. The molecule has 29 heavy (non-hydrogen) atoms. The van der Waals surface area contributed by atoms with Gasteiger partial charge in [0.15, 0.2) is 0 Å². The summed E-state index contributed by atoms with van der Waals surface area (Å²) in [5.74, 6) is -1.99. The molecular formula is C20H20N4O5. The Balaban J connectivity index is 2.03. The number of rotatable bonds is 6. The summed E-state index contributed by atoms with van der Waals surface area (Å²) in [7, 11) is 1.52. The standard InChI is InChI=1S/C20H20N4O5/c1-13(25)21-19-18(20(26)24(22-19)15-6-4-3-5-7-15)17(12-23(27)28)14-8-10-16(29-2)11-9-14/h3-11,17-18H,12H2,1-2H3,(H,21,22,25). The lowest BCUT2D eigenvalue weighted by Crippen LogP contribution is -2.41. The van der Waals surface area contributed by atoms with Crippen molar-refractivity contribution in [2.24, 2.45) is 11.0 Å². The van der Waals surface area contributed by atoms with Gasteiger partial charge in [-0.2, -0.15) is 10.1 Å². The number of hydrazone groups is 1. The molecule has 3 rings (SSSR count). The van der Waals surface area contributed by atoms with E-state index < -0.39 is 35.1 Å². The first-order valence-corrected chi connectivity index (χ1v) is 8.91. The topological polar surface area (TPSA) is 114 Å². The largest absolute Gasteiger partial charge is 0.497 e. The van der Waals surface area contributed by atoms with Gasteiger partial charge in [0.1, 0.15) is 17.5 Å². The molecule has 2 aromatic carbocycles. The molecular weight excluding hydrogens is 376 g/mol. The maximum Gasteiger partial charge on any atom is 0.259 e. The van der Waals surface area contributed by atoms with Crippen molar-refractivity contribution in [1.29, 1.82) is 0 Å². The molecule has 1 aliphatic heterocycles. The molecule has 0 aliphatic carbocycles. The van der Waals surface area contributed by atoms with E-state index in [1.807, 2.05) is 0 Å². The van der Waals surface area contributed by atoms with Crippen LogP contribution in [0, 0.1) is 16.0 Å². The van der Waals surface area contributed by atoms with Gasteiger partial charge in [-0.3, -0.25) is 19.7 Å². The van der Waals surface area contributed by atoms with Gasteiger partial charge in [-0.25, -0.2) is 0 Å². The van der Waals surface area contributed by atoms with Crippen molar-refractivity contribution in [3.05, 3.63) is 70.3 Å². The Morgan fingerprint density at radius 3 is 2.45 bits per heavy atom. The number of hydrogen-bond donors (Lipinski definition) is 1. The van der Waals surface area contributed by atoms with Crippen LogP contribution in [0.25, 0.3) is 0 Å². The third-order valence-electron chi connectivity index (χ3n) is 4.57. The zero-order chi connectivity index (χ0) is 21.0. The van der Waals surface area contributed by atoms with Crippen molar-refractivity contribution in [1.82, 2.24) is 5.32 Å². The molecule has 2 amide bonds. The number of hydrogen-bond acceptors (Lipinski definition) is 6. The Bertz CT molecular complexity index is 943. The lowest BCUT2D eigenvalue weighted by Gasteiger charge is -2.21. The van der Waals surface area contributed by atoms with Gasteiger partial charge in [-0.05, 0) is 29.8 Å². The lowest BCUT2D eigenvalue weighted by molar-refractivity contribution is -0.484. The summed E-state index contributed by atoms with van der Waals surface area (Å²) >= 11 is 0. The minimum absolute atomic E-state index is 0.0917. The number of para-hydroxylation sites is 1. The highest BCUT2D eigenvalue weighted by atomic mass is 16.6. The van der Waals surface area contributed by atoms with Crippen molar-refractivity contribution in [3.8, 4) is 5.75 Å². The first kappa shape index (κ1) is 20.0. The number of carbonyl (C=O) groups excluding carboxylic acids is 2. The molecule has 0 radical (unpaired) electrons. The van der Waals surface area contributed by atoms with Crippen molar-refractivity contribution in [2.45, 2.75) is 12.8 Å². The Labute approximate surface area is 167 Å². The van der Waals surface area contributed by atoms with Crippen molar-refractivity contribution < 1.29 is 19.2 Å². The smallest absolute Gasteiger partial charge is 0.259 e. The minimum Gasteiger partial charge on any atom is -0.497 e. The predicted octanol–water partition coefficient (Wildman–Crippen LogP) is 2.17. The van der Waals surface area contributed by atoms with Gasteiger partial charge < -0.3 is 10.1 Å². The number of amidine groups is 1. The van der Waals surface area contributed by atoms with Gasteiger partial charge in [0.05, 0.1) is 18.7 Å². The zero-order valence-electron chi connectivity index (χ0n) is 15.9. The van der Waals surface area contributed by atoms with E-state index in [0.29, 0.717) is 17.0 Å². The van der Waals surface area contributed by atoms with Crippen molar-refractivity contribution in [2.75, 3.05) is 18.7 Å². The number of nitro groups is 1. The fraction of sp³-hybridized carbons (Fsp3) is 0.250. The van der Waals surface area contributed by atoms with Gasteiger partial charge in [0.25, 0.3) is 5.91 Å². The fourth-order valence-electron chi connectivity index (χ4n) is 3.28. The van der Waals surface area contributed by atoms with Crippen molar-refractivity contribution >= 4 is 23.3 Å². The molecule has 0 saturated carbocycles. The van der Waals surface area contributed by atoms with Crippen LogP contribution in [-0.4, -0.2) is 36.2 Å². The minimum atomic E-state index is -1.00. The average Bonchev–Trinajstić information content (AvgIpc) is 3.02. The Morgan fingerprint density at radius 2 is 1.90 bits per heavy atom. The third-order valence-corrected chi connectivity index (χ3v) is 4.57. The van der Waals surface area contributed by atoms with E-state index in [2.05, 4.69) is 10.4 Å². The van der Waals surface area contributed by atoms with Crippen molar-refractivity contribution in [3.63, 3.8) is 0 Å². The summed E-state index contributed by atoms with van der Waals surface area (Å²) in [5.41, 5.74) is 1.09. The number of methoxy groups -OCH3 is 1. The van der Waals surface area contributed by atoms with Crippen LogP contribution in [0.4, 0.5) is 5.69 Å². The van der Waals surface area contributed by atoms with Crippen LogP contribution in [0.3, 0.4) is 0 Å². The van der Waals surface area contributed by atoms with Crippen LogP contribution >= 0.6 is 0 Å². The molecule has 0 bridgehead atoms. The molecule has 0 saturated heterocycles. The van der Waals surface area contributed by atoms with E-state index in [1.54, 1.807) is 54.6 Å². The van der Waals surface area contributed by atoms with E-state index in [4.69, 9.17) is 4.74 Å². The highest BCUT2D eigenvalue weighted by molar-refractivity contribution is 6.18. The van der Waals surface area contributed by atoms with Crippen LogP contribution in [0.1, 0.15) is 18.4 Å². The molecule has 150 valence electrons. The van der Waals surface area contributed by atoms with Gasteiger partial charge in [0.2, 0.25) is 12.5 Å². The number of nitrogens with one attached hydrogen (secondary N) is 1. The molecule has 2 unspecified atom stereocenters. The summed E-state index contributed by atoms with van der Waals surface area (Å²) < 4.78 is 5.14. The fourth-order valence-corrected chi connectivity index (χ4v) is 3.28. The second-order valence-electron chi connectivity index (χ2n) is 6.52. The molecule has 2 atom stereocenters. The molecule has 2 aromatic rings. The first-order chi connectivity index (χ1) is 13.9. The first-order valence-electron chi connectivity index (χ1n) is 8.91. The SMILES string of the molecule is COc1ccc(C(C[N+](=O)[O-])C2C(=O)N(c3ccccc3)N=C2NC(C)=O)cc1. The monoisotopic (exact) mass is 396 g/mol. The van der Waals surface area contributed by atoms with Crippen LogP contribution in [0.5, 0.6) is 5.75 Å². The molecule has 9 heteroatoms. The maximum absolute atomic E-state index is 13.2. The van der Waals surface area contributed by atoms with Gasteiger partial charge in [-0.1, -0.05) is 30.3 Å². The second-order valence-corrected chi connectivity index (χ2v) is 6.52. The number of amides is 2. The lowest BCUT2D eigenvalue weighted by atomic mass is 9.84.